The molecule has 442 valence electrons. The van der Waals surface area contributed by atoms with E-state index in [1.165, 1.54) is 5.57 Å². The molecule has 3 saturated heterocycles. The number of rotatable bonds is 14. The standard InChI is InChI=1S/C56H81IN2O20/c1-51(2)17-18-56(50(73)59-20-19-58-45(70)26-7-9-27(57)10-8-26)29(21-51)28-11-12-33-52(3)15-14-35(53(4,25-61)32(52)13-16-54(33,5)55(28,6)22-34(56)63)76-49-44(79-48-40(68)38(66)37(65)31(23-60)75-48)42(41(69)43(78-49)46(71)72)77-47-39(67)36(64)30(62)24-74-47/h7-11,25,29-44,47-49,60,62-69H,12-24H2,1-6H3,(H,58,70)(H,59,73)(H,71,72)/t29?,30-,31?,32?,33?,34?,35+,36?,37+,38?,39?,40?,41+,42?,43?,44?,47+,48+,49-,52?,53?,54?,55?,56-/m1/s1. The average molecular weight is 1230 g/mol. The quantitative estimate of drug-likeness (QED) is 0.0400. The Hall–Kier alpha value is -2.83. The van der Waals surface area contributed by atoms with Gasteiger partial charge >= 0.3 is 5.97 Å². The summed E-state index contributed by atoms with van der Waals surface area (Å²) in [4.78, 5) is 54.6. The molecule has 8 aliphatic rings. The lowest BCUT2D eigenvalue weighted by Crippen LogP contribution is -2.69. The summed E-state index contributed by atoms with van der Waals surface area (Å²) in [6, 6.07) is 7.20. The lowest BCUT2D eigenvalue weighted by molar-refractivity contribution is -0.391. The van der Waals surface area contributed by atoms with Gasteiger partial charge in [-0.15, -0.1) is 0 Å². The summed E-state index contributed by atoms with van der Waals surface area (Å²) in [5, 5.41) is 115. The fourth-order valence-electron chi connectivity index (χ4n) is 16.0. The second-order valence-electron chi connectivity index (χ2n) is 25.5. The maximum Gasteiger partial charge on any atom is 0.335 e. The van der Waals surface area contributed by atoms with E-state index in [0.717, 1.165) is 16.3 Å². The lowest BCUT2D eigenvalue weighted by Gasteiger charge is -2.71. The number of fused-ring (bicyclic) bond motifs is 7. The van der Waals surface area contributed by atoms with Gasteiger partial charge in [0.1, 0.15) is 67.3 Å². The second kappa shape index (κ2) is 22.6. The molecule has 0 spiro atoms. The van der Waals surface area contributed by atoms with Crippen LogP contribution in [0.3, 0.4) is 0 Å². The van der Waals surface area contributed by atoms with Crippen molar-refractivity contribution in [1.29, 1.82) is 0 Å². The number of nitrogens with one attached hydrogen (secondary N) is 2. The molecule has 79 heavy (non-hydrogen) atoms. The van der Waals surface area contributed by atoms with Crippen LogP contribution >= 0.6 is 22.6 Å². The van der Waals surface area contributed by atoms with Crippen molar-refractivity contribution in [1.82, 2.24) is 10.6 Å². The van der Waals surface area contributed by atoms with Crippen molar-refractivity contribution >= 4 is 46.7 Å². The first-order valence-electron chi connectivity index (χ1n) is 27.8. The number of allylic oxidation sites excluding steroid dienone is 2. The molecule has 0 bridgehead atoms. The van der Waals surface area contributed by atoms with Crippen LogP contribution < -0.4 is 10.6 Å². The number of carboxylic acids is 1. The van der Waals surface area contributed by atoms with E-state index in [1.807, 2.05) is 12.1 Å². The van der Waals surface area contributed by atoms with E-state index in [9.17, 15) is 70.2 Å². The van der Waals surface area contributed by atoms with Gasteiger partial charge in [0.25, 0.3) is 5.91 Å². The first-order chi connectivity index (χ1) is 37.1. The summed E-state index contributed by atoms with van der Waals surface area (Å²) in [6.45, 7) is 11.9. The highest BCUT2D eigenvalue weighted by molar-refractivity contribution is 14.1. The molecule has 4 saturated carbocycles. The first kappa shape index (κ1) is 60.8. The molecule has 0 aromatic heterocycles. The number of aliphatic carboxylic acids is 1. The number of aliphatic hydroxyl groups is 9. The summed E-state index contributed by atoms with van der Waals surface area (Å²) in [5.41, 5.74) is -2.41. The van der Waals surface area contributed by atoms with Gasteiger partial charge in [0.15, 0.2) is 25.0 Å². The molecule has 12 N–H and O–H groups in total. The number of carbonyl (C=O) groups excluding carboxylic acids is 3. The molecule has 2 amide bonds. The van der Waals surface area contributed by atoms with Crippen LogP contribution in [0, 0.1) is 53.8 Å². The number of ether oxygens (including phenoxy) is 6. The van der Waals surface area contributed by atoms with Crippen LogP contribution in [-0.2, 0) is 42.8 Å². The number of aldehydes is 1. The van der Waals surface area contributed by atoms with Crippen LogP contribution in [0.15, 0.2) is 35.9 Å². The van der Waals surface area contributed by atoms with Gasteiger partial charge in [0, 0.05) is 22.2 Å². The van der Waals surface area contributed by atoms with Gasteiger partial charge in [-0.25, -0.2) is 4.79 Å². The van der Waals surface area contributed by atoms with Gasteiger partial charge in [-0.2, -0.15) is 0 Å². The van der Waals surface area contributed by atoms with E-state index in [1.54, 1.807) is 19.1 Å². The molecule has 5 aliphatic carbocycles. The summed E-state index contributed by atoms with van der Waals surface area (Å²) in [6.07, 6.45) is -20.3. The van der Waals surface area contributed by atoms with Crippen molar-refractivity contribution in [3.63, 3.8) is 0 Å². The number of halogens is 1. The van der Waals surface area contributed by atoms with E-state index in [4.69, 9.17) is 28.4 Å². The predicted octanol–water partition coefficient (Wildman–Crippen LogP) is 0.654. The van der Waals surface area contributed by atoms with E-state index < -0.39 is 144 Å². The summed E-state index contributed by atoms with van der Waals surface area (Å²) in [7, 11) is 0. The van der Waals surface area contributed by atoms with Gasteiger partial charge in [-0.1, -0.05) is 53.2 Å². The minimum Gasteiger partial charge on any atom is -0.479 e. The van der Waals surface area contributed by atoms with Gasteiger partial charge in [-0.05, 0) is 144 Å². The highest BCUT2D eigenvalue weighted by atomic mass is 127. The van der Waals surface area contributed by atoms with Crippen LogP contribution in [0.5, 0.6) is 0 Å². The Bertz CT molecular complexity index is 2450. The predicted molar refractivity (Wildman–Crippen MR) is 284 cm³/mol. The van der Waals surface area contributed by atoms with Crippen molar-refractivity contribution in [2.45, 2.75) is 198 Å². The van der Waals surface area contributed by atoms with E-state index in [-0.39, 0.29) is 54.5 Å². The fourth-order valence-corrected chi connectivity index (χ4v) is 16.4. The maximum absolute atomic E-state index is 14.8. The Balaban J connectivity index is 0.991. The SMILES string of the molecule is CC1(C)CC[C@]2(C(=O)NCCNC(=O)c3ccc(I)cc3)C(O)CC3(C)C(=CCC4C5(C)CC[C@H](O[C@@H]6OC(C(=O)O)[C@@H](O)C(O[C@@H]7OC[C@@H](O)C(O)C7O)C6O[C@@H]6OC(CO)[C@H](O)C(O)C6O)C(C)(C=O)C5CCC43C)C2C1. The smallest absolute Gasteiger partial charge is 0.335 e. The minimum atomic E-state index is -2.15. The summed E-state index contributed by atoms with van der Waals surface area (Å²) < 4.78 is 37.1. The lowest BCUT2D eigenvalue weighted by atomic mass is 9.33. The van der Waals surface area contributed by atoms with Gasteiger partial charge in [0.2, 0.25) is 5.91 Å². The van der Waals surface area contributed by atoms with E-state index in [2.05, 4.69) is 73.9 Å². The highest BCUT2D eigenvalue weighted by Gasteiger charge is 2.72. The van der Waals surface area contributed by atoms with E-state index in [0.29, 0.717) is 50.5 Å². The molecular weight excluding hydrogens is 1150 g/mol. The molecule has 1 aromatic rings. The van der Waals surface area contributed by atoms with Gasteiger partial charge in [0.05, 0.1) is 36.3 Å². The number of hydrogen-bond donors (Lipinski definition) is 12. The van der Waals surface area contributed by atoms with E-state index >= 15 is 0 Å². The zero-order valence-electron chi connectivity index (χ0n) is 45.6. The third-order valence-electron chi connectivity index (χ3n) is 20.8. The van der Waals surface area contributed by atoms with Crippen molar-refractivity contribution in [3.8, 4) is 0 Å². The highest BCUT2D eigenvalue weighted by Crippen LogP contribution is 2.76. The van der Waals surface area contributed by atoms with Crippen molar-refractivity contribution in [3.05, 3.63) is 45.0 Å². The molecule has 9 rings (SSSR count). The average Bonchev–Trinajstić information content (AvgIpc) is 3.41. The van der Waals surface area contributed by atoms with Crippen LogP contribution in [0.4, 0.5) is 0 Å². The molecule has 0 radical (unpaired) electrons. The molecule has 1 aromatic carbocycles. The molecule has 16 unspecified atom stereocenters. The maximum atomic E-state index is 14.8. The second-order valence-corrected chi connectivity index (χ2v) is 26.8. The molecule has 3 heterocycles. The van der Waals surface area contributed by atoms with Crippen LogP contribution in [0.1, 0.15) is 110 Å². The largest absolute Gasteiger partial charge is 0.479 e. The third kappa shape index (κ3) is 10.4. The van der Waals surface area contributed by atoms with Crippen LogP contribution in [-0.4, -0.2) is 200 Å². The zero-order chi connectivity index (χ0) is 57.5. The number of carbonyl (C=O) groups is 4. The minimum absolute atomic E-state index is 0.0390. The molecule has 3 aliphatic heterocycles. The topological polar surface area (TPSA) is 350 Å². The number of carboxylic acid groups (broad SMARTS) is 1. The Morgan fingerprint density at radius 1 is 0.734 bits per heavy atom. The number of benzene rings is 1. The van der Waals surface area contributed by atoms with Crippen LogP contribution in [0.2, 0.25) is 0 Å². The number of amides is 2. The van der Waals surface area contributed by atoms with Crippen LogP contribution in [0.25, 0.3) is 0 Å². The third-order valence-corrected chi connectivity index (χ3v) is 21.5. The molecule has 22 nitrogen and oxygen atoms in total. The summed E-state index contributed by atoms with van der Waals surface area (Å²) in [5.74, 6) is -2.82. The zero-order valence-corrected chi connectivity index (χ0v) is 47.7. The monoisotopic (exact) mass is 1230 g/mol. The van der Waals surface area contributed by atoms with Crippen molar-refractivity contribution in [2.75, 3.05) is 26.3 Å². The number of aliphatic hydroxyl groups excluding tert-OH is 9. The summed E-state index contributed by atoms with van der Waals surface area (Å²) >= 11 is 2.17. The Morgan fingerprint density at radius 3 is 2.08 bits per heavy atom. The fraction of sp³-hybridized carbons (Fsp3) is 0.786. The van der Waals surface area contributed by atoms with Gasteiger partial charge < -0.3 is 94.9 Å². The molecular formula is C56H81IN2O20. The Kier molecular flexibility index (Phi) is 17.4. The first-order valence-corrected chi connectivity index (χ1v) is 28.9. The van der Waals surface area contributed by atoms with Crippen molar-refractivity contribution < 1.29 is 98.7 Å². The van der Waals surface area contributed by atoms with Gasteiger partial charge in [-0.3, -0.25) is 9.59 Å². The molecule has 7 fully saturated rings. The Labute approximate surface area is 473 Å². The number of hydrogen-bond acceptors (Lipinski definition) is 19. The molecule has 23 heteroatoms. The Morgan fingerprint density at radius 2 is 1.41 bits per heavy atom. The molecule has 24 atom stereocenters. The normalized spacial score (nSPS) is 47.4. The van der Waals surface area contributed by atoms with Crippen molar-refractivity contribution in [2.24, 2.45) is 50.2 Å².